The summed E-state index contributed by atoms with van der Waals surface area (Å²) < 4.78 is 7.57. The molecule has 2 aromatic rings. The number of hydrogen-bond donors (Lipinski definition) is 0. The van der Waals surface area contributed by atoms with Gasteiger partial charge in [0.15, 0.2) is 0 Å². The van der Waals surface area contributed by atoms with Gasteiger partial charge in [-0.05, 0) is 50.0 Å². The predicted octanol–water partition coefficient (Wildman–Crippen LogP) is 3.75. The fourth-order valence-electron chi connectivity index (χ4n) is 2.58. The Balaban J connectivity index is 1.69. The number of fused-ring (bicyclic) bond motifs is 1. The van der Waals surface area contributed by atoms with Crippen molar-refractivity contribution in [3.63, 3.8) is 0 Å². The van der Waals surface area contributed by atoms with Crippen LogP contribution in [0.25, 0.3) is 11.2 Å². The zero-order valence-electron chi connectivity index (χ0n) is 14.0. The summed E-state index contributed by atoms with van der Waals surface area (Å²) in [5.41, 5.74) is 2.97. The van der Waals surface area contributed by atoms with E-state index in [-0.39, 0.29) is 6.09 Å². The van der Waals surface area contributed by atoms with Crippen LogP contribution in [0.4, 0.5) is 4.79 Å². The van der Waals surface area contributed by atoms with Crippen molar-refractivity contribution in [3.8, 4) is 0 Å². The van der Waals surface area contributed by atoms with Crippen molar-refractivity contribution in [2.75, 3.05) is 13.1 Å². The molecule has 0 atom stereocenters. The third kappa shape index (κ3) is 3.38. The van der Waals surface area contributed by atoms with Crippen LogP contribution in [0.15, 0.2) is 36.8 Å². The molecule has 0 aliphatic carbocycles. The number of carbonyl (C=O) groups is 1. The van der Waals surface area contributed by atoms with Crippen molar-refractivity contribution < 1.29 is 9.53 Å². The zero-order chi connectivity index (χ0) is 16.4. The number of imidazole rings is 1. The van der Waals surface area contributed by atoms with E-state index in [0.717, 1.165) is 18.5 Å². The van der Waals surface area contributed by atoms with Gasteiger partial charge in [-0.1, -0.05) is 13.0 Å². The highest BCUT2D eigenvalue weighted by atomic mass is 16.6. The number of nitrogens with zero attached hydrogens (tertiary/aromatic N) is 3. The molecular weight excluding hydrogens is 290 g/mol. The van der Waals surface area contributed by atoms with Crippen molar-refractivity contribution in [1.82, 2.24) is 14.3 Å². The minimum absolute atomic E-state index is 0.225. The van der Waals surface area contributed by atoms with Crippen molar-refractivity contribution >= 4 is 17.3 Å². The lowest BCUT2D eigenvalue weighted by Gasteiger charge is -2.31. The average Bonchev–Trinajstić information content (AvgIpc) is 3.02. The van der Waals surface area contributed by atoms with Crippen LogP contribution in [0.2, 0.25) is 0 Å². The summed E-state index contributed by atoms with van der Waals surface area (Å²) in [5, 5.41) is 0. The summed E-state index contributed by atoms with van der Waals surface area (Å²) in [6.07, 6.45) is 9.35. The van der Waals surface area contributed by atoms with E-state index in [2.05, 4.69) is 23.3 Å². The highest BCUT2D eigenvalue weighted by Crippen LogP contribution is 2.24. The van der Waals surface area contributed by atoms with Crippen molar-refractivity contribution in [2.45, 2.75) is 39.2 Å². The van der Waals surface area contributed by atoms with Gasteiger partial charge < -0.3 is 14.0 Å². The molecule has 1 amide bonds. The molecule has 5 nitrogen and oxygen atoms in total. The first-order chi connectivity index (χ1) is 11.0. The van der Waals surface area contributed by atoms with Gasteiger partial charge in [0.05, 0.1) is 0 Å². The molecular formula is C18H23N3O2. The lowest BCUT2D eigenvalue weighted by Crippen LogP contribution is -2.39. The van der Waals surface area contributed by atoms with Crippen LogP contribution in [0.1, 0.15) is 39.2 Å². The van der Waals surface area contributed by atoms with E-state index in [0.29, 0.717) is 13.1 Å². The molecule has 23 heavy (non-hydrogen) atoms. The summed E-state index contributed by atoms with van der Waals surface area (Å²) in [5.74, 6) is 0. The van der Waals surface area contributed by atoms with Gasteiger partial charge in [0.2, 0.25) is 0 Å². The van der Waals surface area contributed by atoms with Crippen molar-refractivity contribution in [1.29, 1.82) is 0 Å². The Bertz CT molecular complexity index is 746. The van der Waals surface area contributed by atoms with Gasteiger partial charge in [-0.3, -0.25) is 0 Å². The number of amides is 1. The van der Waals surface area contributed by atoms with Crippen LogP contribution in [-0.4, -0.2) is 39.1 Å². The summed E-state index contributed by atoms with van der Waals surface area (Å²) in [4.78, 5) is 18.2. The highest BCUT2D eigenvalue weighted by molar-refractivity contribution is 5.73. The molecule has 0 fully saturated rings. The number of ether oxygens (including phenoxy) is 1. The van der Waals surface area contributed by atoms with E-state index in [1.165, 1.54) is 11.1 Å². The molecule has 0 N–H and O–H groups in total. The van der Waals surface area contributed by atoms with E-state index in [1.807, 2.05) is 37.4 Å². The lowest BCUT2D eigenvalue weighted by atomic mass is 10.0. The van der Waals surface area contributed by atoms with Crippen LogP contribution in [0.5, 0.6) is 0 Å². The molecule has 0 saturated heterocycles. The first-order valence-corrected chi connectivity index (χ1v) is 8.08. The van der Waals surface area contributed by atoms with Crippen LogP contribution in [0.3, 0.4) is 0 Å². The lowest BCUT2D eigenvalue weighted by molar-refractivity contribution is 0.0132. The Hall–Kier alpha value is -2.30. The molecule has 122 valence electrons. The third-order valence-corrected chi connectivity index (χ3v) is 4.44. The first-order valence-electron chi connectivity index (χ1n) is 8.08. The Labute approximate surface area is 136 Å². The van der Waals surface area contributed by atoms with E-state index in [1.54, 1.807) is 11.1 Å². The molecule has 0 spiro atoms. The second-order valence-corrected chi connectivity index (χ2v) is 6.52. The van der Waals surface area contributed by atoms with Gasteiger partial charge in [-0.25, -0.2) is 9.78 Å². The van der Waals surface area contributed by atoms with Crippen LogP contribution in [-0.2, 0) is 4.74 Å². The van der Waals surface area contributed by atoms with E-state index >= 15 is 0 Å². The van der Waals surface area contributed by atoms with Gasteiger partial charge in [0.1, 0.15) is 11.2 Å². The number of carbonyl (C=O) groups excluding carboxylic acids is 1. The topological polar surface area (TPSA) is 46.8 Å². The second kappa shape index (κ2) is 6.07. The van der Waals surface area contributed by atoms with Crippen molar-refractivity contribution in [3.05, 3.63) is 42.4 Å². The average molecular weight is 313 g/mol. The maximum Gasteiger partial charge on any atom is 0.410 e. The second-order valence-electron chi connectivity index (χ2n) is 6.52. The molecule has 5 heteroatoms. The summed E-state index contributed by atoms with van der Waals surface area (Å²) in [6.45, 7) is 7.18. The SMILES string of the molecule is CCC(C)(C)OC(=O)N1CC=C(c2ccc3nccn3c2)CC1. The molecule has 0 aromatic carbocycles. The minimum Gasteiger partial charge on any atom is -0.443 e. The predicted molar refractivity (Wildman–Crippen MR) is 90.2 cm³/mol. The molecule has 2 aromatic heterocycles. The maximum absolute atomic E-state index is 12.2. The molecule has 0 unspecified atom stereocenters. The van der Waals surface area contributed by atoms with Crippen LogP contribution in [0, 0.1) is 0 Å². The van der Waals surface area contributed by atoms with E-state index in [9.17, 15) is 4.79 Å². The molecule has 3 rings (SSSR count). The molecule has 0 radical (unpaired) electrons. The van der Waals surface area contributed by atoms with Gasteiger partial charge in [0.25, 0.3) is 0 Å². The third-order valence-electron chi connectivity index (χ3n) is 4.44. The Kier molecular flexibility index (Phi) is 4.11. The first kappa shape index (κ1) is 15.6. The van der Waals surface area contributed by atoms with Crippen LogP contribution < -0.4 is 0 Å². The van der Waals surface area contributed by atoms with Gasteiger partial charge in [0, 0.05) is 31.7 Å². The number of rotatable bonds is 3. The minimum atomic E-state index is -0.409. The number of pyridine rings is 1. The summed E-state index contributed by atoms with van der Waals surface area (Å²) in [7, 11) is 0. The fourth-order valence-corrected chi connectivity index (χ4v) is 2.58. The smallest absolute Gasteiger partial charge is 0.410 e. The zero-order valence-corrected chi connectivity index (χ0v) is 14.0. The maximum atomic E-state index is 12.2. The summed E-state index contributed by atoms with van der Waals surface area (Å²) >= 11 is 0. The Morgan fingerprint density at radius 1 is 1.39 bits per heavy atom. The Morgan fingerprint density at radius 2 is 2.22 bits per heavy atom. The van der Waals surface area contributed by atoms with Gasteiger partial charge in [-0.2, -0.15) is 0 Å². The largest absolute Gasteiger partial charge is 0.443 e. The van der Waals surface area contributed by atoms with E-state index < -0.39 is 5.60 Å². The van der Waals surface area contributed by atoms with Gasteiger partial charge in [-0.15, -0.1) is 0 Å². The van der Waals surface area contributed by atoms with Gasteiger partial charge >= 0.3 is 6.09 Å². The normalized spacial score (nSPS) is 15.6. The van der Waals surface area contributed by atoms with Crippen LogP contribution >= 0.6 is 0 Å². The fraction of sp³-hybridized carbons (Fsp3) is 0.444. The molecule has 1 aliphatic heterocycles. The molecule has 0 saturated carbocycles. The molecule has 1 aliphatic rings. The summed E-state index contributed by atoms with van der Waals surface area (Å²) in [6, 6.07) is 4.10. The molecule has 3 heterocycles. The van der Waals surface area contributed by atoms with Crippen molar-refractivity contribution in [2.24, 2.45) is 0 Å². The monoisotopic (exact) mass is 313 g/mol. The number of aromatic nitrogens is 2. The molecule has 0 bridgehead atoms. The standard InChI is InChI=1S/C18H23N3O2/c1-4-18(2,3)23-17(22)20-10-7-14(8-11-20)15-5-6-16-19-9-12-21(16)13-15/h5-7,9,12-13H,4,8,10-11H2,1-3H3. The quantitative estimate of drug-likeness (QED) is 0.867. The Morgan fingerprint density at radius 3 is 2.91 bits per heavy atom. The number of hydrogen-bond acceptors (Lipinski definition) is 3. The van der Waals surface area contributed by atoms with E-state index in [4.69, 9.17) is 4.74 Å². The highest BCUT2D eigenvalue weighted by Gasteiger charge is 2.25.